The first kappa shape index (κ1) is 17.5. The average molecular weight is 338 g/mol. The van der Waals surface area contributed by atoms with Gasteiger partial charge >= 0.3 is 0 Å². The van der Waals surface area contributed by atoms with Gasteiger partial charge in [-0.2, -0.15) is 0 Å². The van der Waals surface area contributed by atoms with Gasteiger partial charge in [-0.25, -0.2) is 13.8 Å². The van der Waals surface area contributed by atoms with Crippen LogP contribution in [0.1, 0.15) is 48.0 Å². The lowest BCUT2D eigenvalue weighted by Gasteiger charge is -2.03. The quantitative estimate of drug-likeness (QED) is 0.743. The number of amides is 1. The van der Waals surface area contributed by atoms with Gasteiger partial charge in [0.1, 0.15) is 21.5 Å². The number of halogens is 2. The van der Waals surface area contributed by atoms with Gasteiger partial charge in [0.05, 0.1) is 11.3 Å². The number of thiazole rings is 1. The zero-order chi connectivity index (χ0) is 16.8. The smallest absolute Gasteiger partial charge is 0.263 e. The highest BCUT2D eigenvalue weighted by Crippen LogP contribution is 2.31. The summed E-state index contributed by atoms with van der Waals surface area (Å²) in [5.41, 5.74) is 0.307. The third-order valence-corrected chi connectivity index (χ3v) is 4.67. The minimum absolute atomic E-state index is 0.178. The first-order valence-corrected chi connectivity index (χ1v) is 8.56. The van der Waals surface area contributed by atoms with E-state index in [4.69, 9.17) is 0 Å². The minimum atomic E-state index is -0.676. The van der Waals surface area contributed by atoms with Crippen LogP contribution < -0.4 is 5.32 Å². The summed E-state index contributed by atoms with van der Waals surface area (Å²) >= 11 is 1.01. The first-order valence-electron chi connectivity index (χ1n) is 7.74. The molecule has 0 fully saturated rings. The fourth-order valence-corrected chi connectivity index (χ4v) is 3.28. The lowest BCUT2D eigenvalue weighted by atomic mass is 10.2. The lowest BCUT2D eigenvalue weighted by molar-refractivity contribution is 0.0956. The Labute approximate surface area is 138 Å². The van der Waals surface area contributed by atoms with Crippen molar-refractivity contribution in [3.63, 3.8) is 0 Å². The fraction of sp³-hybridized carbons (Fsp3) is 0.412. The van der Waals surface area contributed by atoms with Crippen LogP contribution in [-0.4, -0.2) is 17.4 Å². The third kappa shape index (κ3) is 4.34. The van der Waals surface area contributed by atoms with E-state index in [1.165, 1.54) is 18.2 Å². The standard InChI is InChI=1S/C17H20F2N2OS/c1-3-4-5-6-10-20-16(22)15-11(2)21-17(23-15)14-12(18)8-7-9-13(14)19/h7-9H,3-6,10H2,1-2H3,(H,20,22). The number of carbonyl (C=O) groups is 1. The zero-order valence-electron chi connectivity index (χ0n) is 13.3. The van der Waals surface area contributed by atoms with Gasteiger partial charge in [0.25, 0.3) is 5.91 Å². The second kappa shape index (κ2) is 8.15. The summed E-state index contributed by atoms with van der Waals surface area (Å²) in [6, 6.07) is 3.67. The molecule has 0 saturated heterocycles. The van der Waals surface area contributed by atoms with Crippen molar-refractivity contribution >= 4 is 17.2 Å². The van der Waals surface area contributed by atoms with Crippen molar-refractivity contribution in [1.29, 1.82) is 0 Å². The predicted molar refractivity (Wildman–Crippen MR) is 88.7 cm³/mol. The lowest BCUT2D eigenvalue weighted by Crippen LogP contribution is -2.24. The van der Waals surface area contributed by atoms with E-state index >= 15 is 0 Å². The van der Waals surface area contributed by atoms with Crippen LogP contribution in [-0.2, 0) is 0 Å². The van der Waals surface area contributed by atoms with Crippen molar-refractivity contribution in [2.75, 3.05) is 6.54 Å². The molecule has 0 bridgehead atoms. The summed E-state index contributed by atoms with van der Waals surface area (Å²) in [6.07, 6.45) is 4.28. The molecule has 0 atom stereocenters. The molecule has 0 radical (unpaired) electrons. The number of benzene rings is 1. The Morgan fingerprint density at radius 2 is 1.91 bits per heavy atom. The van der Waals surface area contributed by atoms with E-state index < -0.39 is 11.6 Å². The van der Waals surface area contributed by atoms with Crippen molar-refractivity contribution in [3.8, 4) is 10.6 Å². The second-order valence-corrected chi connectivity index (χ2v) is 6.35. The van der Waals surface area contributed by atoms with Crippen LogP contribution in [0, 0.1) is 18.6 Å². The van der Waals surface area contributed by atoms with E-state index in [-0.39, 0.29) is 16.5 Å². The summed E-state index contributed by atoms with van der Waals surface area (Å²) in [6.45, 7) is 4.40. The molecule has 0 aliphatic carbocycles. The van der Waals surface area contributed by atoms with E-state index in [2.05, 4.69) is 17.2 Å². The monoisotopic (exact) mass is 338 g/mol. The van der Waals surface area contributed by atoms with Gasteiger partial charge in [0.2, 0.25) is 0 Å². The van der Waals surface area contributed by atoms with Crippen LogP contribution in [0.5, 0.6) is 0 Å². The van der Waals surface area contributed by atoms with Crippen molar-refractivity contribution in [2.45, 2.75) is 39.5 Å². The predicted octanol–water partition coefficient (Wildman–Crippen LogP) is 4.71. The Balaban J connectivity index is 2.10. The summed E-state index contributed by atoms with van der Waals surface area (Å²) in [5, 5.41) is 3.03. The normalized spacial score (nSPS) is 10.8. The molecule has 23 heavy (non-hydrogen) atoms. The van der Waals surface area contributed by atoms with E-state index in [0.717, 1.165) is 37.0 Å². The number of aromatic nitrogens is 1. The molecule has 1 amide bonds. The number of unbranched alkanes of at least 4 members (excludes halogenated alkanes) is 3. The molecule has 6 heteroatoms. The molecule has 1 N–H and O–H groups in total. The summed E-state index contributed by atoms with van der Waals surface area (Å²) < 4.78 is 27.7. The van der Waals surface area contributed by atoms with E-state index in [9.17, 15) is 13.6 Å². The molecule has 0 aliphatic rings. The van der Waals surface area contributed by atoms with Gasteiger partial charge in [0.15, 0.2) is 0 Å². The Bertz CT molecular complexity index is 665. The summed E-state index contributed by atoms with van der Waals surface area (Å²) in [5.74, 6) is -1.59. The van der Waals surface area contributed by atoms with Gasteiger partial charge in [0, 0.05) is 6.54 Å². The van der Waals surface area contributed by atoms with Crippen LogP contribution in [0.25, 0.3) is 10.6 Å². The number of nitrogens with zero attached hydrogens (tertiary/aromatic N) is 1. The van der Waals surface area contributed by atoms with Crippen molar-refractivity contribution in [1.82, 2.24) is 10.3 Å². The summed E-state index contributed by atoms with van der Waals surface area (Å²) in [7, 11) is 0. The number of carbonyl (C=O) groups excluding carboxylic acids is 1. The Kier molecular flexibility index (Phi) is 6.21. The molecule has 1 heterocycles. The Hall–Kier alpha value is -1.82. The molecule has 1 aromatic carbocycles. The van der Waals surface area contributed by atoms with Crippen molar-refractivity contribution in [3.05, 3.63) is 40.4 Å². The van der Waals surface area contributed by atoms with Crippen LogP contribution >= 0.6 is 11.3 Å². The molecule has 0 spiro atoms. The SMILES string of the molecule is CCCCCCNC(=O)c1sc(-c2c(F)cccc2F)nc1C. The minimum Gasteiger partial charge on any atom is -0.351 e. The van der Waals surface area contributed by atoms with E-state index in [1.54, 1.807) is 6.92 Å². The highest BCUT2D eigenvalue weighted by molar-refractivity contribution is 7.17. The highest BCUT2D eigenvalue weighted by Gasteiger charge is 2.20. The fourth-order valence-electron chi connectivity index (χ4n) is 2.25. The number of nitrogens with one attached hydrogen (secondary N) is 1. The molecule has 2 rings (SSSR count). The largest absolute Gasteiger partial charge is 0.351 e. The third-order valence-electron chi connectivity index (χ3n) is 3.50. The highest BCUT2D eigenvalue weighted by atomic mass is 32.1. The number of hydrogen-bond donors (Lipinski definition) is 1. The molecule has 0 aliphatic heterocycles. The van der Waals surface area contributed by atoms with Gasteiger partial charge in [-0.1, -0.05) is 32.3 Å². The van der Waals surface area contributed by atoms with Gasteiger partial charge < -0.3 is 5.32 Å². The van der Waals surface area contributed by atoms with E-state index in [1.807, 2.05) is 0 Å². The zero-order valence-corrected chi connectivity index (χ0v) is 14.1. The maximum absolute atomic E-state index is 13.8. The van der Waals surface area contributed by atoms with Crippen LogP contribution in [0.15, 0.2) is 18.2 Å². The van der Waals surface area contributed by atoms with Crippen molar-refractivity contribution < 1.29 is 13.6 Å². The topological polar surface area (TPSA) is 42.0 Å². The molecule has 0 saturated carbocycles. The molecular weight excluding hydrogens is 318 g/mol. The summed E-state index contributed by atoms with van der Waals surface area (Å²) in [4.78, 5) is 16.7. The first-order chi connectivity index (χ1) is 11.0. The van der Waals surface area contributed by atoms with E-state index in [0.29, 0.717) is 17.1 Å². The van der Waals surface area contributed by atoms with Crippen LogP contribution in [0.4, 0.5) is 8.78 Å². The molecule has 1 aromatic heterocycles. The van der Waals surface area contributed by atoms with Crippen LogP contribution in [0.3, 0.4) is 0 Å². The number of rotatable bonds is 7. The van der Waals surface area contributed by atoms with Gasteiger partial charge in [-0.15, -0.1) is 11.3 Å². The number of hydrogen-bond acceptors (Lipinski definition) is 3. The molecule has 0 unspecified atom stereocenters. The maximum atomic E-state index is 13.8. The maximum Gasteiger partial charge on any atom is 0.263 e. The Morgan fingerprint density at radius 1 is 1.22 bits per heavy atom. The van der Waals surface area contributed by atoms with Gasteiger partial charge in [-0.3, -0.25) is 4.79 Å². The van der Waals surface area contributed by atoms with Crippen LogP contribution in [0.2, 0.25) is 0 Å². The van der Waals surface area contributed by atoms with Gasteiger partial charge in [-0.05, 0) is 25.5 Å². The average Bonchev–Trinajstić information content (AvgIpc) is 2.88. The number of aryl methyl sites for hydroxylation is 1. The second-order valence-electron chi connectivity index (χ2n) is 5.35. The Morgan fingerprint density at radius 3 is 2.57 bits per heavy atom. The molecule has 124 valence electrons. The molecule has 3 nitrogen and oxygen atoms in total. The molecular formula is C17H20F2N2OS. The molecule has 2 aromatic rings. The van der Waals surface area contributed by atoms with Crippen molar-refractivity contribution in [2.24, 2.45) is 0 Å².